The van der Waals surface area contributed by atoms with E-state index < -0.39 is 0 Å². The van der Waals surface area contributed by atoms with E-state index >= 15 is 0 Å². The van der Waals surface area contributed by atoms with Gasteiger partial charge >= 0.3 is 0 Å². The third-order valence-electron chi connectivity index (χ3n) is 2.86. The quantitative estimate of drug-likeness (QED) is 0.523. The average molecular weight is 305 g/mol. The van der Waals surface area contributed by atoms with Gasteiger partial charge in [-0.1, -0.05) is 0 Å². The Morgan fingerprint density at radius 2 is 0.952 bits per heavy atom. The Morgan fingerprint density at radius 3 is 1.29 bits per heavy atom. The third kappa shape index (κ3) is 13.2. The fraction of sp³-hybridized carbons (Fsp3) is 0.938. The monoisotopic (exact) mass is 305 g/mol. The maximum atomic E-state index is 5.70. The topological polar surface area (TPSA) is 46.2 Å². The molecule has 5 unspecified atom stereocenters. The van der Waals surface area contributed by atoms with E-state index in [1.807, 2.05) is 34.6 Å². The molecule has 0 aliphatic carbocycles. The summed E-state index contributed by atoms with van der Waals surface area (Å²) in [7, 11) is 1.68. The first-order valence-corrected chi connectivity index (χ1v) is 7.67. The first-order chi connectivity index (χ1) is 9.85. The lowest BCUT2D eigenvalue weighted by Crippen LogP contribution is -2.28. The standard InChI is InChI=1S/C16H33O5/c1-12(2)18-9-14(4)20-11-16(6)21-10-15(5)19-8-13(3)17-7/h12-16H,1,8-11H2,2-7H3. The van der Waals surface area contributed by atoms with E-state index in [-0.39, 0.29) is 30.5 Å². The predicted molar refractivity (Wildman–Crippen MR) is 83.5 cm³/mol. The Labute approximate surface area is 130 Å². The van der Waals surface area contributed by atoms with Gasteiger partial charge in [-0.15, -0.1) is 0 Å². The van der Waals surface area contributed by atoms with Crippen LogP contribution >= 0.6 is 0 Å². The van der Waals surface area contributed by atoms with Gasteiger partial charge < -0.3 is 23.7 Å². The highest BCUT2D eigenvalue weighted by atomic mass is 16.6. The van der Waals surface area contributed by atoms with Crippen molar-refractivity contribution in [2.24, 2.45) is 0 Å². The number of ether oxygens (including phenoxy) is 5. The second-order valence-electron chi connectivity index (χ2n) is 5.62. The van der Waals surface area contributed by atoms with Gasteiger partial charge in [0.1, 0.15) is 0 Å². The molecule has 5 nitrogen and oxygen atoms in total. The van der Waals surface area contributed by atoms with Crippen molar-refractivity contribution in [3.8, 4) is 0 Å². The van der Waals surface area contributed by atoms with Crippen molar-refractivity contribution in [1.82, 2.24) is 0 Å². The van der Waals surface area contributed by atoms with E-state index in [4.69, 9.17) is 23.7 Å². The summed E-state index contributed by atoms with van der Waals surface area (Å²) in [6.45, 7) is 15.8. The zero-order valence-electron chi connectivity index (χ0n) is 14.5. The van der Waals surface area contributed by atoms with Crippen molar-refractivity contribution in [2.45, 2.75) is 65.1 Å². The third-order valence-corrected chi connectivity index (χ3v) is 2.86. The second-order valence-corrected chi connectivity index (χ2v) is 5.62. The molecule has 127 valence electrons. The van der Waals surface area contributed by atoms with Crippen molar-refractivity contribution in [2.75, 3.05) is 33.5 Å². The summed E-state index contributed by atoms with van der Waals surface area (Å²) in [4.78, 5) is 0. The van der Waals surface area contributed by atoms with Crippen LogP contribution in [0.4, 0.5) is 0 Å². The molecule has 0 amide bonds. The van der Waals surface area contributed by atoms with Gasteiger partial charge in [0.25, 0.3) is 0 Å². The first-order valence-electron chi connectivity index (χ1n) is 7.67. The molecule has 1 radical (unpaired) electrons. The molecule has 0 rings (SSSR count). The minimum absolute atomic E-state index is 0.0165. The van der Waals surface area contributed by atoms with E-state index in [0.29, 0.717) is 26.4 Å². The Balaban J connectivity index is 3.62. The van der Waals surface area contributed by atoms with Crippen LogP contribution in [-0.2, 0) is 23.7 Å². The van der Waals surface area contributed by atoms with Crippen LogP contribution in [0.25, 0.3) is 0 Å². The molecular weight excluding hydrogens is 272 g/mol. The summed E-state index contributed by atoms with van der Waals surface area (Å²) < 4.78 is 27.5. The van der Waals surface area contributed by atoms with Crippen LogP contribution in [0, 0.1) is 6.92 Å². The maximum Gasteiger partial charge on any atom is 0.0781 e. The zero-order valence-corrected chi connectivity index (χ0v) is 14.5. The number of hydrogen-bond acceptors (Lipinski definition) is 5. The molecule has 0 saturated heterocycles. The van der Waals surface area contributed by atoms with Gasteiger partial charge in [0.15, 0.2) is 0 Å². The summed E-state index contributed by atoms with van der Waals surface area (Å²) in [5.41, 5.74) is 0. The number of rotatable bonds is 13. The van der Waals surface area contributed by atoms with E-state index in [2.05, 4.69) is 6.92 Å². The van der Waals surface area contributed by atoms with Crippen molar-refractivity contribution in [3.63, 3.8) is 0 Å². The molecule has 0 spiro atoms. The van der Waals surface area contributed by atoms with Crippen LogP contribution < -0.4 is 0 Å². The molecule has 0 saturated carbocycles. The normalized spacial score (nSPS) is 17.7. The molecule has 0 aliphatic heterocycles. The minimum atomic E-state index is -0.0165. The summed E-state index contributed by atoms with van der Waals surface area (Å²) in [5, 5.41) is 0. The number of hydrogen-bond donors (Lipinski definition) is 0. The van der Waals surface area contributed by atoms with Crippen LogP contribution in [-0.4, -0.2) is 64.1 Å². The smallest absolute Gasteiger partial charge is 0.0781 e. The SMILES string of the molecule is [CH2]C(C)OCC(C)OCC(C)OCC(C)OCC(C)OC. The second kappa shape index (κ2) is 12.4. The number of methoxy groups -OCH3 is 1. The maximum absolute atomic E-state index is 5.70. The van der Waals surface area contributed by atoms with Crippen LogP contribution in [0.2, 0.25) is 0 Å². The molecule has 0 bridgehead atoms. The van der Waals surface area contributed by atoms with Crippen LogP contribution in [0.5, 0.6) is 0 Å². The summed E-state index contributed by atoms with van der Waals surface area (Å²) in [6, 6.07) is 0. The van der Waals surface area contributed by atoms with E-state index in [0.717, 1.165) is 0 Å². The van der Waals surface area contributed by atoms with Gasteiger partial charge in [0, 0.05) is 7.11 Å². The van der Waals surface area contributed by atoms with Gasteiger partial charge in [-0.25, -0.2) is 0 Å². The highest BCUT2D eigenvalue weighted by molar-refractivity contribution is 4.57. The Morgan fingerprint density at radius 1 is 0.619 bits per heavy atom. The van der Waals surface area contributed by atoms with Gasteiger partial charge in [-0.05, 0) is 41.5 Å². The Bertz CT molecular complexity index is 235. The molecule has 0 heterocycles. The van der Waals surface area contributed by atoms with E-state index in [9.17, 15) is 0 Å². The van der Waals surface area contributed by atoms with E-state index in [1.165, 1.54) is 0 Å². The Hall–Kier alpha value is -0.200. The molecule has 0 fully saturated rings. The molecular formula is C16H33O5. The summed E-state index contributed by atoms with van der Waals surface area (Å²) in [5.74, 6) is 0. The van der Waals surface area contributed by atoms with Gasteiger partial charge in [-0.2, -0.15) is 0 Å². The van der Waals surface area contributed by atoms with E-state index in [1.54, 1.807) is 7.11 Å². The molecule has 5 heteroatoms. The molecule has 21 heavy (non-hydrogen) atoms. The lowest BCUT2D eigenvalue weighted by molar-refractivity contribution is -0.0910. The zero-order chi connectivity index (χ0) is 16.3. The van der Waals surface area contributed by atoms with Gasteiger partial charge in [0.05, 0.1) is 56.9 Å². The van der Waals surface area contributed by atoms with Crippen LogP contribution in [0.3, 0.4) is 0 Å². The summed E-state index contributed by atoms with van der Waals surface area (Å²) >= 11 is 0. The molecule has 5 atom stereocenters. The average Bonchev–Trinajstić information content (AvgIpc) is 2.45. The lowest BCUT2D eigenvalue weighted by atomic mass is 10.3. The summed E-state index contributed by atoms with van der Waals surface area (Å²) in [6.07, 6.45) is 0.187. The predicted octanol–water partition coefficient (Wildman–Crippen LogP) is 2.48. The van der Waals surface area contributed by atoms with Gasteiger partial charge in [0.2, 0.25) is 0 Å². The lowest BCUT2D eigenvalue weighted by Gasteiger charge is -2.21. The molecule has 0 aromatic rings. The fourth-order valence-electron chi connectivity index (χ4n) is 1.41. The first kappa shape index (κ1) is 20.8. The van der Waals surface area contributed by atoms with Crippen LogP contribution in [0.1, 0.15) is 34.6 Å². The largest absolute Gasteiger partial charge is 0.379 e. The minimum Gasteiger partial charge on any atom is -0.379 e. The van der Waals surface area contributed by atoms with Crippen molar-refractivity contribution in [3.05, 3.63) is 6.92 Å². The molecule has 0 aromatic heterocycles. The Kier molecular flexibility index (Phi) is 12.2. The highest BCUT2D eigenvalue weighted by Gasteiger charge is 2.11. The highest BCUT2D eigenvalue weighted by Crippen LogP contribution is 2.02. The van der Waals surface area contributed by atoms with Crippen molar-refractivity contribution >= 4 is 0 Å². The van der Waals surface area contributed by atoms with Gasteiger partial charge in [-0.3, -0.25) is 0 Å². The van der Waals surface area contributed by atoms with Crippen molar-refractivity contribution in [1.29, 1.82) is 0 Å². The van der Waals surface area contributed by atoms with Crippen LogP contribution in [0.15, 0.2) is 0 Å². The molecule has 0 N–H and O–H groups in total. The molecule has 0 aromatic carbocycles. The molecule has 0 aliphatic rings. The fourth-order valence-corrected chi connectivity index (χ4v) is 1.41. The van der Waals surface area contributed by atoms with Crippen molar-refractivity contribution < 1.29 is 23.7 Å².